The number of likely N-dealkylation sites (N-methyl/N-ethyl adjacent to an activating group) is 1. The molecule has 1 aromatic carbocycles. The van der Waals surface area contributed by atoms with Crippen molar-refractivity contribution in [3.8, 4) is 5.75 Å². The van der Waals surface area contributed by atoms with Crippen molar-refractivity contribution >= 4 is 67.9 Å². The van der Waals surface area contributed by atoms with Crippen molar-refractivity contribution in [3.05, 3.63) is 39.5 Å². The molecule has 0 saturated heterocycles. The minimum absolute atomic E-state index is 0. The molecule has 0 spiro atoms. The van der Waals surface area contributed by atoms with Gasteiger partial charge in [0.15, 0.2) is 5.13 Å². The average Bonchev–Trinajstić information content (AvgIpc) is 3.20. The molecule has 0 aliphatic carbocycles. The molecule has 1 amide bonds. The highest BCUT2D eigenvalue weighted by atomic mass is 35.5. The number of halogens is 2. The number of anilines is 1. The van der Waals surface area contributed by atoms with Gasteiger partial charge < -0.3 is 9.64 Å². The number of rotatable bonds is 7. The predicted molar refractivity (Wildman–Crippen MR) is 118 cm³/mol. The van der Waals surface area contributed by atoms with Crippen LogP contribution in [0.5, 0.6) is 5.75 Å². The van der Waals surface area contributed by atoms with Crippen molar-refractivity contribution in [3.63, 3.8) is 0 Å². The van der Waals surface area contributed by atoms with Gasteiger partial charge in [-0.05, 0) is 51.4 Å². The normalized spacial score (nSPS) is 10.9. The van der Waals surface area contributed by atoms with Crippen molar-refractivity contribution in [2.75, 3.05) is 38.7 Å². The van der Waals surface area contributed by atoms with Crippen LogP contribution in [0.3, 0.4) is 0 Å². The van der Waals surface area contributed by atoms with Gasteiger partial charge in [0.25, 0.3) is 5.91 Å². The van der Waals surface area contributed by atoms with Crippen molar-refractivity contribution < 1.29 is 9.53 Å². The molecule has 5 nitrogen and oxygen atoms in total. The highest BCUT2D eigenvalue weighted by Gasteiger charge is 2.23. The molecular formula is C18H21Cl2N3O2S2. The number of thiazole rings is 1. The molecule has 27 heavy (non-hydrogen) atoms. The molecule has 0 bridgehead atoms. The van der Waals surface area contributed by atoms with Gasteiger partial charge >= 0.3 is 0 Å². The first-order chi connectivity index (χ1) is 12.5. The van der Waals surface area contributed by atoms with Crippen molar-refractivity contribution in [1.29, 1.82) is 0 Å². The molecule has 0 N–H and O–H groups in total. The van der Waals surface area contributed by atoms with E-state index in [0.29, 0.717) is 27.5 Å². The van der Waals surface area contributed by atoms with Gasteiger partial charge in [-0.3, -0.25) is 9.69 Å². The Morgan fingerprint density at radius 1 is 1.19 bits per heavy atom. The first-order valence-corrected chi connectivity index (χ1v) is 10.2. The van der Waals surface area contributed by atoms with Crippen LogP contribution in [0.15, 0.2) is 30.3 Å². The summed E-state index contributed by atoms with van der Waals surface area (Å²) in [6.07, 6.45) is 0. The largest absolute Gasteiger partial charge is 0.494 e. The van der Waals surface area contributed by atoms with Crippen LogP contribution in [-0.2, 0) is 0 Å². The van der Waals surface area contributed by atoms with Crippen LogP contribution in [0.25, 0.3) is 10.2 Å². The van der Waals surface area contributed by atoms with Crippen LogP contribution in [0, 0.1) is 0 Å². The summed E-state index contributed by atoms with van der Waals surface area (Å²) in [6, 6.07) is 9.31. The van der Waals surface area contributed by atoms with Gasteiger partial charge in [-0.15, -0.1) is 23.7 Å². The Kier molecular flexibility index (Phi) is 7.88. The van der Waals surface area contributed by atoms with E-state index in [-0.39, 0.29) is 18.3 Å². The Balaban J connectivity index is 0.00000261. The van der Waals surface area contributed by atoms with Crippen molar-refractivity contribution in [2.24, 2.45) is 0 Å². The molecule has 0 saturated carbocycles. The fraction of sp³-hybridized carbons (Fsp3) is 0.333. The van der Waals surface area contributed by atoms with Crippen LogP contribution in [0.4, 0.5) is 5.13 Å². The Bertz CT molecular complexity index is 911. The second-order valence-electron chi connectivity index (χ2n) is 5.92. The summed E-state index contributed by atoms with van der Waals surface area (Å²) in [5.74, 6) is 0.735. The summed E-state index contributed by atoms with van der Waals surface area (Å²) >= 11 is 8.79. The monoisotopic (exact) mass is 445 g/mol. The third-order valence-electron chi connectivity index (χ3n) is 3.69. The number of thiophene rings is 1. The summed E-state index contributed by atoms with van der Waals surface area (Å²) in [5, 5.41) is 0.685. The highest BCUT2D eigenvalue weighted by Crippen LogP contribution is 2.33. The zero-order chi connectivity index (χ0) is 18.7. The van der Waals surface area contributed by atoms with Crippen LogP contribution in [-0.4, -0.2) is 49.6 Å². The molecule has 0 fully saturated rings. The molecule has 146 valence electrons. The summed E-state index contributed by atoms with van der Waals surface area (Å²) in [4.78, 5) is 22.1. The smallest absolute Gasteiger partial charge is 0.270 e. The molecule has 0 aliphatic rings. The number of nitrogens with zero attached hydrogens (tertiary/aromatic N) is 3. The van der Waals surface area contributed by atoms with Gasteiger partial charge in [0.1, 0.15) is 5.75 Å². The van der Waals surface area contributed by atoms with E-state index >= 15 is 0 Å². The summed E-state index contributed by atoms with van der Waals surface area (Å²) in [7, 11) is 3.97. The van der Waals surface area contributed by atoms with Crippen molar-refractivity contribution in [1.82, 2.24) is 9.88 Å². The lowest BCUT2D eigenvalue weighted by Gasteiger charge is -2.21. The summed E-state index contributed by atoms with van der Waals surface area (Å²) < 4.78 is 7.16. The second kappa shape index (κ2) is 9.71. The van der Waals surface area contributed by atoms with Gasteiger partial charge in [0, 0.05) is 13.1 Å². The van der Waals surface area contributed by atoms with Crippen molar-refractivity contribution in [2.45, 2.75) is 6.92 Å². The number of hydrogen-bond acceptors (Lipinski definition) is 6. The van der Waals surface area contributed by atoms with Gasteiger partial charge in [-0.25, -0.2) is 4.98 Å². The number of hydrogen-bond donors (Lipinski definition) is 0. The number of amides is 1. The SMILES string of the molecule is CCOc1ccc2nc(N(CCN(C)C)C(=O)c3ccc(Cl)s3)sc2c1.Cl. The van der Waals surface area contributed by atoms with E-state index in [2.05, 4.69) is 4.98 Å². The molecule has 0 unspecified atom stereocenters. The maximum absolute atomic E-state index is 13.0. The van der Waals surface area contributed by atoms with Crippen LogP contribution < -0.4 is 9.64 Å². The van der Waals surface area contributed by atoms with Gasteiger partial charge in [-0.2, -0.15) is 0 Å². The maximum Gasteiger partial charge on any atom is 0.270 e. The lowest BCUT2D eigenvalue weighted by atomic mass is 10.3. The van der Waals surface area contributed by atoms with E-state index in [1.54, 1.807) is 17.0 Å². The maximum atomic E-state index is 13.0. The van der Waals surface area contributed by atoms with E-state index in [9.17, 15) is 4.79 Å². The molecule has 3 aromatic rings. The number of carbonyl (C=O) groups is 1. The summed E-state index contributed by atoms with van der Waals surface area (Å²) in [6.45, 7) is 3.87. The minimum atomic E-state index is -0.0761. The quantitative estimate of drug-likeness (QED) is 0.510. The van der Waals surface area contributed by atoms with E-state index in [1.807, 2.05) is 44.1 Å². The fourth-order valence-corrected chi connectivity index (χ4v) is 4.42. The molecule has 2 heterocycles. The number of fused-ring (bicyclic) bond motifs is 1. The van der Waals surface area contributed by atoms with Gasteiger partial charge in [0.05, 0.1) is 26.0 Å². The number of ether oxygens (including phenoxy) is 1. The van der Waals surface area contributed by atoms with E-state index in [0.717, 1.165) is 22.5 Å². The van der Waals surface area contributed by atoms with Crippen LogP contribution in [0.2, 0.25) is 4.34 Å². The fourth-order valence-electron chi connectivity index (χ4n) is 2.41. The number of carbonyl (C=O) groups excluding carboxylic acids is 1. The first-order valence-electron chi connectivity index (χ1n) is 8.23. The van der Waals surface area contributed by atoms with Crippen LogP contribution >= 0.6 is 46.7 Å². The first kappa shape index (κ1) is 21.9. The molecule has 0 radical (unpaired) electrons. The summed E-state index contributed by atoms with van der Waals surface area (Å²) in [5.41, 5.74) is 0.861. The Morgan fingerprint density at radius 3 is 2.59 bits per heavy atom. The molecule has 0 aliphatic heterocycles. The minimum Gasteiger partial charge on any atom is -0.494 e. The standard InChI is InChI=1S/C18H20ClN3O2S2.ClH/c1-4-24-12-5-6-13-15(11-12)26-18(20-13)22(10-9-21(2)3)17(23)14-7-8-16(19)25-14;/h5-8,11H,4,9-10H2,1-3H3;1H. The lowest BCUT2D eigenvalue weighted by molar-refractivity contribution is 0.0989. The molecule has 9 heteroatoms. The Morgan fingerprint density at radius 2 is 1.96 bits per heavy atom. The molecule has 3 rings (SSSR count). The van der Waals surface area contributed by atoms with E-state index in [4.69, 9.17) is 16.3 Å². The lowest BCUT2D eigenvalue weighted by Crippen LogP contribution is -2.36. The average molecular weight is 446 g/mol. The third-order valence-corrected chi connectivity index (χ3v) is 5.95. The highest BCUT2D eigenvalue weighted by molar-refractivity contribution is 7.22. The van der Waals surface area contributed by atoms with E-state index in [1.165, 1.54) is 22.7 Å². The zero-order valence-corrected chi connectivity index (χ0v) is 18.5. The third kappa shape index (κ3) is 5.33. The number of aromatic nitrogens is 1. The molecule has 2 aromatic heterocycles. The van der Waals surface area contributed by atoms with Gasteiger partial charge in [-0.1, -0.05) is 22.9 Å². The van der Waals surface area contributed by atoms with E-state index < -0.39 is 0 Å². The molecular weight excluding hydrogens is 425 g/mol. The Hall–Kier alpha value is -1.38. The Labute approximate surface area is 177 Å². The zero-order valence-electron chi connectivity index (χ0n) is 15.3. The van der Waals surface area contributed by atoms with Crippen LogP contribution in [0.1, 0.15) is 16.6 Å². The van der Waals surface area contributed by atoms with Gasteiger partial charge in [0.2, 0.25) is 0 Å². The topological polar surface area (TPSA) is 45.7 Å². The molecule has 0 atom stereocenters. The predicted octanol–water partition coefficient (Wildman–Crippen LogP) is 5.04. The number of benzene rings is 1. The second-order valence-corrected chi connectivity index (χ2v) is 8.65.